The molecule has 1 fully saturated rings. The Kier molecular flexibility index (Phi) is 5.13. The lowest BCUT2D eigenvalue weighted by Crippen LogP contribution is -2.52. The van der Waals surface area contributed by atoms with Gasteiger partial charge in [0.15, 0.2) is 0 Å². The fraction of sp³-hybridized carbons (Fsp3) is 0.278. The Hall–Kier alpha value is -1.89. The van der Waals surface area contributed by atoms with Crippen LogP contribution in [0.25, 0.3) is 0 Å². The zero-order valence-electron chi connectivity index (χ0n) is 13.8. The fourth-order valence-corrected chi connectivity index (χ4v) is 4.94. The predicted octanol–water partition coefficient (Wildman–Crippen LogP) is 2.65. The highest BCUT2D eigenvalue weighted by atomic mass is 35.5. The smallest absolute Gasteiger partial charge is 0.243 e. The topological polar surface area (TPSA) is 66.5 Å². The molecule has 0 bridgehead atoms. The number of benzene rings is 2. The lowest BCUT2D eigenvalue weighted by atomic mass is 10.0. The van der Waals surface area contributed by atoms with Crippen molar-refractivity contribution >= 4 is 27.5 Å². The number of nitrogens with zero attached hydrogens (tertiary/aromatic N) is 1. The quantitative estimate of drug-likeness (QED) is 0.889. The third kappa shape index (κ3) is 3.86. The maximum absolute atomic E-state index is 13.0. The van der Waals surface area contributed by atoms with Gasteiger partial charge in [-0.25, -0.2) is 8.42 Å². The summed E-state index contributed by atoms with van der Waals surface area (Å²) in [7, 11) is -3.69. The number of carbonyl (C=O) groups is 1. The van der Waals surface area contributed by atoms with Gasteiger partial charge in [-0.2, -0.15) is 4.31 Å². The maximum atomic E-state index is 13.0. The molecule has 1 amide bonds. The Morgan fingerprint density at radius 1 is 1.20 bits per heavy atom. The van der Waals surface area contributed by atoms with Crippen molar-refractivity contribution in [2.24, 2.45) is 0 Å². The van der Waals surface area contributed by atoms with Crippen molar-refractivity contribution in [3.8, 4) is 0 Å². The van der Waals surface area contributed by atoms with E-state index in [1.807, 2.05) is 25.1 Å². The zero-order valence-corrected chi connectivity index (χ0v) is 15.3. The van der Waals surface area contributed by atoms with Crippen LogP contribution in [0, 0.1) is 6.92 Å². The number of amides is 1. The second-order valence-corrected chi connectivity index (χ2v) is 8.40. The third-order valence-corrected chi connectivity index (χ3v) is 6.31. The SMILES string of the molecule is Cc1cccc(CS(=O)(=O)N2CCNC(=O)C2c2ccccc2Cl)c1. The molecule has 2 aromatic carbocycles. The van der Waals surface area contributed by atoms with Crippen LogP contribution in [0.5, 0.6) is 0 Å². The highest BCUT2D eigenvalue weighted by Crippen LogP contribution is 2.32. The van der Waals surface area contributed by atoms with E-state index in [-0.39, 0.29) is 24.7 Å². The summed E-state index contributed by atoms with van der Waals surface area (Å²) in [5.74, 6) is -0.504. The molecule has 132 valence electrons. The van der Waals surface area contributed by atoms with Crippen LogP contribution in [0.3, 0.4) is 0 Å². The molecule has 0 aliphatic carbocycles. The van der Waals surface area contributed by atoms with Crippen LogP contribution in [0.1, 0.15) is 22.7 Å². The molecular formula is C18H19ClN2O3S. The fourth-order valence-electron chi connectivity index (χ4n) is 3.03. The molecule has 0 radical (unpaired) electrons. The Balaban J connectivity index is 1.97. The minimum absolute atomic E-state index is 0.150. The van der Waals surface area contributed by atoms with Gasteiger partial charge in [-0.1, -0.05) is 59.6 Å². The molecule has 0 saturated carbocycles. The predicted molar refractivity (Wildman–Crippen MR) is 97.7 cm³/mol. The maximum Gasteiger partial charge on any atom is 0.243 e. The number of carbonyl (C=O) groups excluding carboxylic acids is 1. The number of halogens is 1. The molecule has 1 aliphatic rings. The average molecular weight is 379 g/mol. The van der Waals surface area contributed by atoms with E-state index >= 15 is 0 Å². The summed E-state index contributed by atoms with van der Waals surface area (Å²) >= 11 is 6.22. The van der Waals surface area contributed by atoms with Gasteiger partial charge in [0.2, 0.25) is 15.9 Å². The molecule has 1 unspecified atom stereocenters. The highest BCUT2D eigenvalue weighted by Gasteiger charge is 2.39. The van der Waals surface area contributed by atoms with Crippen molar-refractivity contribution in [2.45, 2.75) is 18.7 Å². The first kappa shape index (κ1) is 17.9. The summed E-state index contributed by atoms with van der Waals surface area (Å²) in [6.45, 7) is 2.42. The van der Waals surface area contributed by atoms with Gasteiger partial charge in [-0.15, -0.1) is 0 Å². The number of sulfonamides is 1. The number of piperazine rings is 1. The second kappa shape index (κ2) is 7.15. The number of hydrogen-bond acceptors (Lipinski definition) is 3. The number of hydrogen-bond donors (Lipinski definition) is 1. The first-order valence-corrected chi connectivity index (χ1v) is 9.94. The van der Waals surface area contributed by atoms with Crippen molar-refractivity contribution in [1.29, 1.82) is 0 Å². The van der Waals surface area contributed by atoms with E-state index < -0.39 is 16.1 Å². The van der Waals surface area contributed by atoms with E-state index in [2.05, 4.69) is 5.32 Å². The molecule has 0 aromatic heterocycles. The Labute approximate surface area is 152 Å². The molecule has 5 nitrogen and oxygen atoms in total. The van der Waals surface area contributed by atoms with E-state index in [0.717, 1.165) is 5.56 Å². The molecule has 7 heteroatoms. The van der Waals surface area contributed by atoms with Gasteiger partial charge in [-0.3, -0.25) is 4.79 Å². The summed E-state index contributed by atoms with van der Waals surface area (Å²) in [6.07, 6.45) is 0. The summed E-state index contributed by atoms with van der Waals surface area (Å²) in [5.41, 5.74) is 2.19. The molecule has 1 heterocycles. The van der Waals surface area contributed by atoms with E-state index in [0.29, 0.717) is 16.1 Å². The molecular weight excluding hydrogens is 360 g/mol. The molecule has 1 N–H and O–H groups in total. The van der Waals surface area contributed by atoms with Crippen LogP contribution >= 0.6 is 11.6 Å². The largest absolute Gasteiger partial charge is 0.353 e. The summed E-state index contributed by atoms with van der Waals surface area (Å²) in [4.78, 5) is 12.4. The van der Waals surface area contributed by atoms with Crippen molar-refractivity contribution in [3.63, 3.8) is 0 Å². The van der Waals surface area contributed by atoms with Crippen molar-refractivity contribution in [1.82, 2.24) is 9.62 Å². The van der Waals surface area contributed by atoms with E-state index in [9.17, 15) is 13.2 Å². The van der Waals surface area contributed by atoms with Crippen LogP contribution in [0.2, 0.25) is 5.02 Å². The average Bonchev–Trinajstić information content (AvgIpc) is 2.55. The highest BCUT2D eigenvalue weighted by molar-refractivity contribution is 7.88. The lowest BCUT2D eigenvalue weighted by molar-refractivity contribution is -0.126. The number of aryl methyl sites for hydroxylation is 1. The van der Waals surface area contributed by atoms with Crippen LogP contribution in [0.15, 0.2) is 48.5 Å². The monoisotopic (exact) mass is 378 g/mol. The van der Waals surface area contributed by atoms with Crippen molar-refractivity contribution in [3.05, 3.63) is 70.2 Å². The normalized spacial score (nSPS) is 18.8. The van der Waals surface area contributed by atoms with Gasteiger partial charge in [0.05, 0.1) is 5.75 Å². The first-order chi connectivity index (χ1) is 11.9. The first-order valence-electron chi connectivity index (χ1n) is 7.96. The van der Waals surface area contributed by atoms with Crippen LogP contribution in [-0.2, 0) is 20.6 Å². The Morgan fingerprint density at radius 3 is 2.68 bits per heavy atom. The van der Waals surface area contributed by atoms with Gasteiger partial charge >= 0.3 is 0 Å². The standard InChI is InChI=1S/C18H19ClN2O3S/c1-13-5-4-6-14(11-13)12-25(23,24)21-10-9-20-18(22)17(21)15-7-2-3-8-16(15)19/h2-8,11,17H,9-10,12H2,1H3,(H,20,22). The van der Waals surface area contributed by atoms with Crippen LogP contribution in [0.4, 0.5) is 0 Å². The van der Waals surface area contributed by atoms with E-state index in [1.54, 1.807) is 30.3 Å². The number of rotatable bonds is 4. The van der Waals surface area contributed by atoms with Crippen molar-refractivity contribution in [2.75, 3.05) is 13.1 Å². The second-order valence-electron chi connectivity index (χ2n) is 6.07. The molecule has 3 rings (SSSR count). The Morgan fingerprint density at radius 2 is 1.96 bits per heavy atom. The third-order valence-electron chi connectivity index (χ3n) is 4.16. The van der Waals surface area contributed by atoms with Gasteiger partial charge in [-0.05, 0) is 24.1 Å². The number of nitrogens with one attached hydrogen (secondary N) is 1. The van der Waals surface area contributed by atoms with Gasteiger partial charge in [0.25, 0.3) is 0 Å². The molecule has 2 aromatic rings. The summed E-state index contributed by atoms with van der Waals surface area (Å²) in [6, 6.07) is 13.2. The summed E-state index contributed by atoms with van der Waals surface area (Å²) < 4.78 is 27.3. The van der Waals surface area contributed by atoms with E-state index in [1.165, 1.54) is 4.31 Å². The molecule has 25 heavy (non-hydrogen) atoms. The van der Waals surface area contributed by atoms with Crippen LogP contribution in [-0.4, -0.2) is 31.7 Å². The summed E-state index contributed by atoms with van der Waals surface area (Å²) in [5, 5.41) is 3.10. The lowest BCUT2D eigenvalue weighted by Gasteiger charge is -2.34. The van der Waals surface area contributed by atoms with E-state index in [4.69, 9.17) is 11.6 Å². The minimum atomic E-state index is -3.69. The molecule has 1 atom stereocenters. The van der Waals surface area contributed by atoms with Crippen LogP contribution < -0.4 is 5.32 Å². The zero-order chi connectivity index (χ0) is 18.0. The minimum Gasteiger partial charge on any atom is -0.353 e. The molecule has 0 spiro atoms. The van der Waals surface area contributed by atoms with Crippen molar-refractivity contribution < 1.29 is 13.2 Å². The molecule has 1 saturated heterocycles. The van der Waals surface area contributed by atoms with Gasteiger partial charge < -0.3 is 5.32 Å². The van der Waals surface area contributed by atoms with Gasteiger partial charge in [0, 0.05) is 18.1 Å². The Bertz CT molecular complexity index is 899. The molecule has 1 aliphatic heterocycles. The van der Waals surface area contributed by atoms with Gasteiger partial charge in [0.1, 0.15) is 6.04 Å².